The molecule has 4 rings (SSSR count). The van der Waals surface area contributed by atoms with Crippen LogP contribution >= 0.6 is 0 Å². The summed E-state index contributed by atoms with van der Waals surface area (Å²) in [6.07, 6.45) is 6.59. The lowest BCUT2D eigenvalue weighted by Gasteiger charge is -2.53. The van der Waals surface area contributed by atoms with Crippen LogP contribution in [-0.2, 0) is 14.3 Å². The molecule has 3 heteroatoms. The number of carbonyl (C=O) groups is 1. The predicted octanol–water partition coefficient (Wildman–Crippen LogP) is 5.50. The Labute approximate surface area is 169 Å². The zero-order chi connectivity index (χ0) is 20.1. The fourth-order valence-electron chi connectivity index (χ4n) is 6.33. The van der Waals surface area contributed by atoms with Gasteiger partial charge in [0.15, 0.2) is 0 Å². The Morgan fingerprint density at radius 3 is 2.61 bits per heavy atom. The number of benzene rings is 1. The molecule has 7 atom stereocenters. The number of rotatable bonds is 4. The maximum atomic E-state index is 12.8. The zero-order valence-electron chi connectivity index (χ0n) is 17.9. The van der Waals surface area contributed by atoms with Gasteiger partial charge in [-0.15, -0.1) is 0 Å². The normalized spacial score (nSPS) is 42.1. The van der Waals surface area contributed by atoms with Crippen LogP contribution < -0.4 is 0 Å². The van der Waals surface area contributed by atoms with E-state index in [9.17, 15) is 4.79 Å². The van der Waals surface area contributed by atoms with Gasteiger partial charge >= 0.3 is 5.97 Å². The number of hydrogen-bond acceptors (Lipinski definition) is 3. The minimum absolute atomic E-state index is 0.0948. The third-order valence-electron chi connectivity index (χ3n) is 8.07. The average Bonchev–Trinajstić information content (AvgIpc) is 3.16. The van der Waals surface area contributed by atoms with Crippen molar-refractivity contribution >= 4 is 12.0 Å². The van der Waals surface area contributed by atoms with E-state index in [2.05, 4.69) is 34.6 Å². The van der Waals surface area contributed by atoms with E-state index in [1.165, 1.54) is 12.8 Å². The fraction of sp³-hybridized carbons (Fsp3) is 0.640. The molecule has 2 bridgehead atoms. The summed E-state index contributed by atoms with van der Waals surface area (Å²) in [5.41, 5.74) is 0.541. The van der Waals surface area contributed by atoms with E-state index < -0.39 is 0 Å². The van der Waals surface area contributed by atoms with Gasteiger partial charge in [-0.25, -0.2) is 4.79 Å². The molecule has 1 saturated carbocycles. The van der Waals surface area contributed by atoms with Gasteiger partial charge in [0.05, 0.1) is 5.60 Å². The average molecular weight is 383 g/mol. The van der Waals surface area contributed by atoms with E-state index in [4.69, 9.17) is 9.47 Å². The highest BCUT2D eigenvalue weighted by Gasteiger charge is 2.69. The number of esters is 1. The molecule has 0 N–H and O–H groups in total. The topological polar surface area (TPSA) is 35.5 Å². The van der Waals surface area contributed by atoms with Crippen molar-refractivity contribution in [2.24, 2.45) is 29.6 Å². The van der Waals surface area contributed by atoms with E-state index in [1.54, 1.807) is 6.08 Å². The molecule has 0 aromatic heterocycles. The highest BCUT2D eigenvalue weighted by atomic mass is 16.6. The van der Waals surface area contributed by atoms with Crippen molar-refractivity contribution < 1.29 is 14.3 Å². The second-order valence-electron chi connectivity index (χ2n) is 9.84. The molecule has 3 aliphatic rings. The van der Waals surface area contributed by atoms with E-state index in [-0.39, 0.29) is 23.3 Å². The first-order valence-electron chi connectivity index (χ1n) is 10.9. The van der Waals surface area contributed by atoms with Crippen LogP contribution in [0.2, 0.25) is 0 Å². The molecule has 0 spiro atoms. The number of ether oxygens (including phenoxy) is 2. The lowest BCUT2D eigenvalue weighted by molar-refractivity contribution is -0.260. The minimum atomic E-state index is -0.371. The van der Waals surface area contributed by atoms with Gasteiger partial charge in [0, 0.05) is 12.0 Å². The second kappa shape index (κ2) is 7.02. The van der Waals surface area contributed by atoms with E-state index in [0.717, 1.165) is 12.0 Å². The molecule has 3 fully saturated rings. The summed E-state index contributed by atoms with van der Waals surface area (Å²) in [6, 6.07) is 9.89. The van der Waals surface area contributed by atoms with Gasteiger partial charge in [-0.3, -0.25) is 0 Å². The van der Waals surface area contributed by atoms with Gasteiger partial charge in [0.25, 0.3) is 0 Å². The van der Waals surface area contributed by atoms with Crippen LogP contribution in [0.25, 0.3) is 6.08 Å². The van der Waals surface area contributed by atoms with Crippen LogP contribution in [0.5, 0.6) is 0 Å². The number of hydrogen-bond donors (Lipinski definition) is 0. The predicted molar refractivity (Wildman–Crippen MR) is 112 cm³/mol. The fourth-order valence-corrected chi connectivity index (χ4v) is 6.33. The summed E-state index contributed by atoms with van der Waals surface area (Å²) in [7, 11) is 0. The Kier molecular flexibility index (Phi) is 4.94. The summed E-state index contributed by atoms with van der Waals surface area (Å²) in [6.45, 7) is 11.4. The molecule has 1 aliphatic carbocycles. The molecular formula is C25H34O3. The van der Waals surface area contributed by atoms with Crippen LogP contribution in [0.4, 0.5) is 0 Å². The summed E-state index contributed by atoms with van der Waals surface area (Å²) in [4.78, 5) is 12.8. The summed E-state index contributed by atoms with van der Waals surface area (Å²) in [5.74, 6) is 1.96. The van der Waals surface area contributed by atoms with Gasteiger partial charge in [-0.05, 0) is 61.5 Å². The lowest BCUT2D eigenvalue weighted by Crippen LogP contribution is -2.61. The van der Waals surface area contributed by atoms with Crippen molar-refractivity contribution in [1.82, 2.24) is 0 Å². The molecule has 2 aliphatic heterocycles. The maximum Gasteiger partial charge on any atom is 0.331 e. The smallest absolute Gasteiger partial charge is 0.331 e. The highest BCUT2D eigenvalue weighted by molar-refractivity contribution is 5.87. The standard InChI is InChI=1S/C25H34O3/c1-16(2)25-15-18(4)24(5,28-25)20-13-11-17(3)22(20)23(25)27-21(26)14-12-19-9-7-6-8-10-19/h6-10,12,14,16-18,20,22-23H,11,13,15H2,1-5H3/b14-12+. The molecule has 1 aromatic carbocycles. The Balaban J connectivity index is 1.63. The first-order chi connectivity index (χ1) is 13.3. The molecule has 7 unspecified atom stereocenters. The molecule has 0 radical (unpaired) electrons. The molecule has 28 heavy (non-hydrogen) atoms. The maximum absolute atomic E-state index is 12.8. The zero-order valence-corrected chi connectivity index (χ0v) is 17.9. The van der Waals surface area contributed by atoms with Crippen molar-refractivity contribution in [1.29, 1.82) is 0 Å². The molecule has 2 heterocycles. The van der Waals surface area contributed by atoms with Crippen molar-refractivity contribution in [3.8, 4) is 0 Å². The van der Waals surface area contributed by atoms with Crippen molar-refractivity contribution in [2.75, 3.05) is 0 Å². The molecule has 2 saturated heterocycles. The number of fused-ring (bicyclic) bond motifs is 4. The third kappa shape index (κ3) is 2.94. The van der Waals surface area contributed by atoms with Gasteiger partial charge < -0.3 is 9.47 Å². The first-order valence-corrected chi connectivity index (χ1v) is 10.9. The Bertz CT molecular complexity index is 754. The van der Waals surface area contributed by atoms with Crippen LogP contribution in [0.1, 0.15) is 59.4 Å². The highest BCUT2D eigenvalue weighted by Crippen LogP contribution is 2.64. The van der Waals surface area contributed by atoms with Crippen molar-refractivity contribution in [3.05, 3.63) is 42.0 Å². The van der Waals surface area contributed by atoms with Crippen LogP contribution in [0.15, 0.2) is 36.4 Å². The second-order valence-corrected chi connectivity index (χ2v) is 9.84. The number of carbonyl (C=O) groups excluding carboxylic acids is 1. The molecule has 3 nitrogen and oxygen atoms in total. The van der Waals surface area contributed by atoms with Gasteiger partial charge in [-0.1, -0.05) is 58.0 Å². The Morgan fingerprint density at radius 2 is 1.93 bits per heavy atom. The Morgan fingerprint density at radius 1 is 1.21 bits per heavy atom. The van der Waals surface area contributed by atoms with Gasteiger partial charge in [0.2, 0.25) is 0 Å². The largest absolute Gasteiger partial charge is 0.456 e. The summed E-state index contributed by atoms with van der Waals surface area (Å²) >= 11 is 0. The minimum Gasteiger partial charge on any atom is -0.456 e. The van der Waals surface area contributed by atoms with E-state index >= 15 is 0 Å². The molecule has 0 amide bonds. The van der Waals surface area contributed by atoms with Crippen LogP contribution in [0, 0.1) is 29.6 Å². The van der Waals surface area contributed by atoms with Crippen LogP contribution in [-0.4, -0.2) is 23.3 Å². The monoisotopic (exact) mass is 382 g/mol. The first kappa shape index (κ1) is 19.7. The van der Waals surface area contributed by atoms with Crippen molar-refractivity contribution in [3.63, 3.8) is 0 Å². The van der Waals surface area contributed by atoms with Crippen molar-refractivity contribution in [2.45, 2.75) is 71.2 Å². The Hall–Kier alpha value is -1.61. The van der Waals surface area contributed by atoms with Crippen LogP contribution in [0.3, 0.4) is 0 Å². The summed E-state index contributed by atoms with van der Waals surface area (Å²) in [5, 5.41) is 0. The van der Waals surface area contributed by atoms with Gasteiger partial charge in [-0.2, -0.15) is 0 Å². The quantitative estimate of drug-likeness (QED) is 0.510. The molecule has 1 aromatic rings. The third-order valence-corrected chi connectivity index (χ3v) is 8.07. The summed E-state index contributed by atoms with van der Waals surface area (Å²) < 4.78 is 13.1. The molecule has 152 valence electrons. The lowest BCUT2D eigenvalue weighted by atomic mass is 9.69. The van der Waals surface area contributed by atoms with Gasteiger partial charge in [0.1, 0.15) is 11.7 Å². The molecular weight excluding hydrogens is 348 g/mol. The van der Waals surface area contributed by atoms with E-state index in [1.807, 2.05) is 36.4 Å². The van der Waals surface area contributed by atoms with E-state index in [0.29, 0.717) is 29.6 Å². The SMILES string of the molecule is CC1CCC2C1C(OC(=O)/C=C/c1ccccc1)C1(C(C)C)CC(C)C2(C)O1.